The minimum Gasteiger partial charge on any atom is -0.466 e. The van der Waals surface area contributed by atoms with Crippen LogP contribution in [0.1, 0.15) is 61.6 Å². The number of hydrogen-bond donors (Lipinski definition) is 2. The number of hydrogen-bond acceptors (Lipinski definition) is 5. The second-order valence-electron chi connectivity index (χ2n) is 7.49. The van der Waals surface area contributed by atoms with Gasteiger partial charge in [-0.1, -0.05) is 20.3 Å². The molecule has 1 aromatic heterocycles. The Balaban J connectivity index is 2.30. The number of aliphatic hydroxyl groups excluding tert-OH is 1. The molecule has 1 aliphatic heterocycles. The number of H-pyrrole nitrogens is 1. The van der Waals surface area contributed by atoms with Crippen LogP contribution < -0.4 is 0 Å². The van der Waals surface area contributed by atoms with E-state index in [1.54, 1.807) is 13.0 Å². The van der Waals surface area contributed by atoms with Crippen LogP contribution in [0.3, 0.4) is 0 Å². The summed E-state index contributed by atoms with van der Waals surface area (Å²) in [6.45, 7) is 8.57. The topological polar surface area (TPSA) is 95.3 Å². The van der Waals surface area contributed by atoms with E-state index >= 15 is 0 Å². The molecule has 2 N–H and O–H groups in total. The highest BCUT2D eigenvalue weighted by Gasteiger charge is 2.46. The third-order valence-electron chi connectivity index (χ3n) is 6.09. The lowest BCUT2D eigenvalue weighted by Gasteiger charge is -2.41. The van der Waals surface area contributed by atoms with E-state index in [4.69, 9.17) is 9.47 Å². The number of rotatable bonds is 6. The first-order valence-corrected chi connectivity index (χ1v) is 9.91. The van der Waals surface area contributed by atoms with Crippen LogP contribution in [0.25, 0.3) is 10.9 Å². The fourth-order valence-corrected chi connectivity index (χ4v) is 4.36. The van der Waals surface area contributed by atoms with E-state index in [0.717, 1.165) is 39.7 Å². The van der Waals surface area contributed by atoms with Crippen molar-refractivity contribution in [1.29, 1.82) is 5.26 Å². The van der Waals surface area contributed by atoms with E-state index in [0.29, 0.717) is 25.2 Å². The Kier molecular flexibility index (Phi) is 5.78. The molecule has 28 heavy (non-hydrogen) atoms. The van der Waals surface area contributed by atoms with Crippen LogP contribution in [-0.2, 0) is 32.9 Å². The van der Waals surface area contributed by atoms with Gasteiger partial charge >= 0.3 is 5.97 Å². The van der Waals surface area contributed by atoms with Gasteiger partial charge < -0.3 is 19.6 Å². The maximum atomic E-state index is 12.5. The zero-order chi connectivity index (χ0) is 20.5. The quantitative estimate of drug-likeness (QED) is 0.742. The highest BCUT2D eigenvalue weighted by Crippen LogP contribution is 2.46. The molecule has 0 saturated heterocycles. The lowest BCUT2D eigenvalue weighted by atomic mass is 9.77. The van der Waals surface area contributed by atoms with Crippen LogP contribution in [0.4, 0.5) is 0 Å². The summed E-state index contributed by atoms with van der Waals surface area (Å²) in [5.74, 6) is -0.213. The molecule has 3 rings (SSSR count). The van der Waals surface area contributed by atoms with Gasteiger partial charge in [0.25, 0.3) is 0 Å². The number of benzene rings is 1. The lowest BCUT2D eigenvalue weighted by molar-refractivity contribution is -0.160. The van der Waals surface area contributed by atoms with E-state index in [2.05, 4.69) is 24.9 Å². The number of aromatic amines is 1. The number of carbonyl (C=O) groups is 1. The molecule has 0 amide bonds. The lowest BCUT2D eigenvalue weighted by Crippen LogP contribution is -2.43. The molecule has 2 unspecified atom stereocenters. The Labute approximate surface area is 165 Å². The van der Waals surface area contributed by atoms with Crippen LogP contribution in [-0.4, -0.2) is 29.3 Å². The molecule has 0 aliphatic carbocycles. The number of nitrogens with one attached hydrogen (secondary N) is 1. The third kappa shape index (κ3) is 3.09. The smallest absolute Gasteiger partial charge is 0.309 e. The van der Waals surface area contributed by atoms with E-state index in [1.807, 2.05) is 6.92 Å². The number of aryl methyl sites for hydroxylation is 1. The van der Waals surface area contributed by atoms with E-state index in [-0.39, 0.29) is 24.9 Å². The van der Waals surface area contributed by atoms with Crippen molar-refractivity contribution < 1.29 is 19.4 Å². The maximum absolute atomic E-state index is 12.5. The first kappa shape index (κ1) is 20.4. The van der Waals surface area contributed by atoms with Crippen molar-refractivity contribution in [3.8, 4) is 6.07 Å². The molecule has 1 aromatic carbocycles. The molecule has 0 fully saturated rings. The number of nitrogens with zero attached hydrogens (tertiary/aromatic N) is 1. The summed E-state index contributed by atoms with van der Waals surface area (Å²) in [6, 6.07) is 4.04. The van der Waals surface area contributed by atoms with Gasteiger partial charge in [-0.15, -0.1) is 0 Å². The predicted octanol–water partition coefficient (Wildman–Crippen LogP) is 3.61. The summed E-state index contributed by atoms with van der Waals surface area (Å²) < 4.78 is 11.5. The average Bonchev–Trinajstić information content (AvgIpc) is 3.09. The van der Waals surface area contributed by atoms with Crippen molar-refractivity contribution in [2.24, 2.45) is 5.92 Å². The van der Waals surface area contributed by atoms with Crippen molar-refractivity contribution in [3.05, 3.63) is 34.0 Å². The summed E-state index contributed by atoms with van der Waals surface area (Å²) in [6.07, 6.45) is 1.63. The highest BCUT2D eigenvalue weighted by atomic mass is 16.5. The summed E-state index contributed by atoms with van der Waals surface area (Å²) in [5, 5.41) is 20.3. The molecule has 2 aromatic rings. The van der Waals surface area contributed by atoms with Gasteiger partial charge in [0, 0.05) is 5.39 Å². The monoisotopic (exact) mass is 384 g/mol. The van der Waals surface area contributed by atoms with Crippen molar-refractivity contribution in [1.82, 2.24) is 4.98 Å². The highest BCUT2D eigenvalue weighted by molar-refractivity contribution is 5.94. The second-order valence-corrected chi connectivity index (χ2v) is 7.49. The number of aliphatic hydroxyl groups is 1. The van der Waals surface area contributed by atoms with E-state index in [1.165, 1.54) is 0 Å². The molecule has 0 spiro atoms. The largest absolute Gasteiger partial charge is 0.466 e. The molecule has 0 saturated carbocycles. The van der Waals surface area contributed by atoms with Gasteiger partial charge in [-0.25, -0.2) is 0 Å². The number of fused-ring (bicyclic) bond motifs is 3. The van der Waals surface area contributed by atoms with E-state index < -0.39 is 5.60 Å². The average molecular weight is 384 g/mol. The number of esters is 1. The fraction of sp³-hybridized carbons (Fsp3) is 0.545. The number of carbonyl (C=O) groups excluding carboxylic acids is 1. The molecule has 2 heterocycles. The minimum absolute atomic E-state index is 0.0761. The molecule has 0 bridgehead atoms. The standard InChI is InChI=1S/C22H28N2O4/c1-5-13(3)22(10-18(26)27-6-2)21-17(7-8-28-22)19-15(11-23)9-16(12-25)14(4)20(19)24-21/h9,13,24-25H,5-8,10,12H2,1-4H3. The molecule has 150 valence electrons. The molecule has 6 heteroatoms. The van der Waals surface area contributed by atoms with Gasteiger partial charge in [-0.05, 0) is 48.9 Å². The van der Waals surface area contributed by atoms with Crippen LogP contribution in [0.5, 0.6) is 0 Å². The molecule has 0 radical (unpaired) electrons. The zero-order valence-electron chi connectivity index (χ0n) is 17.0. The second kappa shape index (κ2) is 7.94. The van der Waals surface area contributed by atoms with Gasteiger partial charge in [-0.2, -0.15) is 5.26 Å². The predicted molar refractivity (Wildman–Crippen MR) is 106 cm³/mol. The van der Waals surface area contributed by atoms with Gasteiger partial charge in [-0.3, -0.25) is 4.79 Å². The number of ether oxygens (including phenoxy) is 2. The Morgan fingerprint density at radius 3 is 2.86 bits per heavy atom. The summed E-state index contributed by atoms with van der Waals surface area (Å²) in [7, 11) is 0. The van der Waals surface area contributed by atoms with Crippen LogP contribution in [0, 0.1) is 24.2 Å². The summed E-state index contributed by atoms with van der Waals surface area (Å²) in [4.78, 5) is 15.9. The normalized spacial score (nSPS) is 19.9. The molecule has 2 atom stereocenters. The molecule has 1 aliphatic rings. The van der Waals surface area contributed by atoms with Gasteiger partial charge in [0.1, 0.15) is 5.60 Å². The van der Waals surface area contributed by atoms with Crippen LogP contribution >= 0.6 is 0 Å². The van der Waals surface area contributed by atoms with E-state index in [9.17, 15) is 15.2 Å². The molecule has 6 nitrogen and oxygen atoms in total. The Morgan fingerprint density at radius 2 is 2.25 bits per heavy atom. The Morgan fingerprint density at radius 1 is 1.50 bits per heavy atom. The third-order valence-corrected chi connectivity index (χ3v) is 6.09. The van der Waals surface area contributed by atoms with Crippen molar-refractivity contribution in [2.75, 3.05) is 13.2 Å². The van der Waals surface area contributed by atoms with Crippen molar-refractivity contribution in [3.63, 3.8) is 0 Å². The van der Waals surface area contributed by atoms with Crippen molar-refractivity contribution in [2.45, 2.75) is 59.2 Å². The minimum atomic E-state index is -0.813. The van der Waals surface area contributed by atoms with Gasteiger partial charge in [0.15, 0.2) is 0 Å². The first-order valence-electron chi connectivity index (χ1n) is 9.91. The Bertz CT molecular complexity index is 940. The summed E-state index contributed by atoms with van der Waals surface area (Å²) >= 11 is 0. The molecular weight excluding hydrogens is 356 g/mol. The first-order chi connectivity index (χ1) is 13.4. The Hall–Kier alpha value is -2.36. The summed E-state index contributed by atoms with van der Waals surface area (Å²) in [5.41, 5.74) is 4.11. The molecular formula is C22H28N2O4. The van der Waals surface area contributed by atoms with Crippen molar-refractivity contribution >= 4 is 16.9 Å². The zero-order valence-corrected chi connectivity index (χ0v) is 17.0. The SMILES string of the molecule is CCOC(=O)CC1(C(C)CC)OCCc2c1[nH]c1c(C)c(CO)cc(C#N)c21. The van der Waals surface area contributed by atoms with Crippen LogP contribution in [0.15, 0.2) is 6.07 Å². The van der Waals surface area contributed by atoms with Gasteiger partial charge in [0.2, 0.25) is 0 Å². The maximum Gasteiger partial charge on any atom is 0.309 e. The fourth-order valence-electron chi connectivity index (χ4n) is 4.36. The number of aromatic nitrogens is 1. The number of nitriles is 1. The van der Waals surface area contributed by atoms with Gasteiger partial charge in [0.05, 0.1) is 49.1 Å². The van der Waals surface area contributed by atoms with Crippen LogP contribution in [0.2, 0.25) is 0 Å².